The monoisotopic (exact) mass is 262 g/mol. The molecule has 4 N–H and O–H groups in total. The predicted molar refractivity (Wildman–Crippen MR) is 76.5 cm³/mol. The van der Waals surface area contributed by atoms with Crippen LogP contribution in [0.2, 0.25) is 0 Å². The Labute approximate surface area is 114 Å². The van der Waals surface area contributed by atoms with Crippen LogP contribution in [0.15, 0.2) is 12.4 Å². The zero-order chi connectivity index (χ0) is 13.7. The van der Waals surface area contributed by atoms with Crippen LogP contribution in [0.4, 0.5) is 5.82 Å². The third-order valence-electron chi connectivity index (χ3n) is 3.54. The normalized spacial score (nSPS) is 15.2. The standard InChI is InChI=1S/C14H22N4O/c1-2-3-4-11(8-19)16-7-10-5-6-12-13(10)17-9-18-14(12)15/h5,9,11,16,19H,2-4,6-8H2,1H3,(H2,15,17,18)/t11-/m0/s1. The highest BCUT2D eigenvalue weighted by atomic mass is 16.3. The van der Waals surface area contributed by atoms with Gasteiger partial charge in [-0.05, 0) is 18.4 Å². The number of aliphatic hydroxyl groups is 1. The largest absolute Gasteiger partial charge is 0.395 e. The third-order valence-corrected chi connectivity index (χ3v) is 3.54. The van der Waals surface area contributed by atoms with Gasteiger partial charge in [0.25, 0.3) is 0 Å². The molecule has 0 aromatic carbocycles. The van der Waals surface area contributed by atoms with Gasteiger partial charge in [-0.25, -0.2) is 9.97 Å². The Balaban J connectivity index is 1.93. The second kappa shape index (κ2) is 6.63. The zero-order valence-electron chi connectivity index (χ0n) is 11.4. The summed E-state index contributed by atoms with van der Waals surface area (Å²) in [7, 11) is 0. The Hall–Kier alpha value is -1.46. The van der Waals surface area contributed by atoms with E-state index in [9.17, 15) is 5.11 Å². The van der Waals surface area contributed by atoms with Crippen molar-refractivity contribution in [3.8, 4) is 0 Å². The fourth-order valence-corrected chi connectivity index (χ4v) is 2.34. The number of unbranched alkanes of at least 4 members (excludes halogenated alkanes) is 1. The average Bonchev–Trinajstić information content (AvgIpc) is 2.84. The Morgan fingerprint density at radius 1 is 1.47 bits per heavy atom. The summed E-state index contributed by atoms with van der Waals surface area (Å²) in [5.74, 6) is 0.570. The zero-order valence-corrected chi connectivity index (χ0v) is 11.4. The quantitative estimate of drug-likeness (QED) is 0.686. The van der Waals surface area contributed by atoms with Crippen molar-refractivity contribution in [1.82, 2.24) is 15.3 Å². The van der Waals surface area contributed by atoms with Gasteiger partial charge in [0, 0.05) is 18.2 Å². The molecular weight excluding hydrogens is 240 g/mol. The number of fused-ring (bicyclic) bond motifs is 1. The molecule has 0 saturated carbocycles. The van der Waals surface area contributed by atoms with E-state index in [1.54, 1.807) is 0 Å². The minimum absolute atomic E-state index is 0.157. The van der Waals surface area contributed by atoms with Crippen LogP contribution in [-0.4, -0.2) is 34.3 Å². The number of anilines is 1. The van der Waals surface area contributed by atoms with Crippen molar-refractivity contribution in [2.45, 2.75) is 38.6 Å². The summed E-state index contributed by atoms with van der Waals surface area (Å²) >= 11 is 0. The molecule has 1 heterocycles. The lowest BCUT2D eigenvalue weighted by Crippen LogP contribution is -2.33. The molecule has 0 unspecified atom stereocenters. The van der Waals surface area contributed by atoms with Crippen molar-refractivity contribution in [3.63, 3.8) is 0 Å². The molecule has 19 heavy (non-hydrogen) atoms. The van der Waals surface area contributed by atoms with Crippen molar-refractivity contribution in [2.24, 2.45) is 0 Å². The first kappa shape index (κ1) is 14.0. The number of aliphatic hydroxyl groups excluding tert-OH is 1. The number of aromatic nitrogens is 2. The van der Waals surface area contributed by atoms with Gasteiger partial charge in [0.1, 0.15) is 12.1 Å². The van der Waals surface area contributed by atoms with Crippen LogP contribution >= 0.6 is 0 Å². The summed E-state index contributed by atoms with van der Waals surface area (Å²) in [6, 6.07) is 0.157. The van der Waals surface area contributed by atoms with Crippen LogP contribution in [0.25, 0.3) is 5.57 Å². The van der Waals surface area contributed by atoms with Gasteiger partial charge < -0.3 is 16.2 Å². The molecule has 1 aromatic rings. The van der Waals surface area contributed by atoms with Crippen molar-refractivity contribution >= 4 is 11.4 Å². The molecule has 1 aliphatic rings. The predicted octanol–water partition coefficient (Wildman–Crippen LogP) is 1.14. The van der Waals surface area contributed by atoms with Gasteiger partial charge in [-0.2, -0.15) is 0 Å². The number of nitrogens with two attached hydrogens (primary N) is 1. The summed E-state index contributed by atoms with van der Waals surface area (Å²) < 4.78 is 0. The number of nitrogen functional groups attached to an aromatic ring is 1. The Morgan fingerprint density at radius 3 is 3.05 bits per heavy atom. The van der Waals surface area contributed by atoms with Crippen LogP contribution in [-0.2, 0) is 6.42 Å². The average molecular weight is 262 g/mol. The summed E-state index contributed by atoms with van der Waals surface area (Å²) in [5, 5.41) is 12.7. The highest BCUT2D eigenvalue weighted by Crippen LogP contribution is 2.27. The van der Waals surface area contributed by atoms with Crippen LogP contribution < -0.4 is 11.1 Å². The van der Waals surface area contributed by atoms with E-state index in [2.05, 4.69) is 28.3 Å². The Bertz CT molecular complexity index is 459. The van der Waals surface area contributed by atoms with Crippen LogP contribution in [0.3, 0.4) is 0 Å². The van der Waals surface area contributed by atoms with E-state index in [0.29, 0.717) is 5.82 Å². The summed E-state index contributed by atoms with van der Waals surface area (Å²) in [6.45, 7) is 3.05. The van der Waals surface area contributed by atoms with Crippen molar-refractivity contribution in [1.29, 1.82) is 0 Å². The highest BCUT2D eigenvalue weighted by molar-refractivity contribution is 5.74. The number of allylic oxidation sites excluding steroid dienone is 1. The van der Waals surface area contributed by atoms with Crippen molar-refractivity contribution < 1.29 is 5.11 Å². The molecule has 2 rings (SSSR count). The number of rotatable bonds is 7. The van der Waals surface area contributed by atoms with Crippen LogP contribution in [0.5, 0.6) is 0 Å². The number of nitrogens with zero attached hydrogens (tertiary/aromatic N) is 2. The fraction of sp³-hybridized carbons (Fsp3) is 0.571. The minimum Gasteiger partial charge on any atom is -0.395 e. The number of nitrogens with one attached hydrogen (secondary N) is 1. The maximum atomic E-state index is 9.34. The molecule has 0 aliphatic heterocycles. The van der Waals surface area contributed by atoms with E-state index in [1.165, 1.54) is 6.33 Å². The lowest BCUT2D eigenvalue weighted by molar-refractivity contribution is 0.237. The maximum absolute atomic E-state index is 9.34. The van der Waals surface area contributed by atoms with Gasteiger partial charge in [-0.3, -0.25) is 0 Å². The molecule has 0 spiro atoms. The van der Waals surface area contributed by atoms with Crippen LogP contribution in [0, 0.1) is 0 Å². The van der Waals surface area contributed by atoms with Crippen molar-refractivity contribution in [3.05, 3.63) is 23.7 Å². The molecule has 0 amide bonds. The van der Waals surface area contributed by atoms with Gasteiger partial charge in [-0.15, -0.1) is 0 Å². The Kier molecular flexibility index (Phi) is 4.87. The van der Waals surface area contributed by atoms with E-state index in [-0.39, 0.29) is 12.6 Å². The van der Waals surface area contributed by atoms with E-state index in [4.69, 9.17) is 5.73 Å². The lowest BCUT2D eigenvalue weighted by atomic mass is 10.1. The summed E-state index contributed by atoms with van der Waals surface area (Å²) in [5.41, 5.74) is 8.96. The van der Waals surface area contributed by atoms with E-state index < -0.39 is 0 Å². The van der Waals surface area contributed by atoms with E-state index in [0.717, 1.165) is 49.1 Å². The highest BCUT2D eigenvalue weighted by Gasteiger charge is 2.19. The molecule has 0 fully saturated rings. The maximum Gasteiger partial charge on any atom is 0.130 e. The van der Waals surface area contributed by atoms with Gasteiger partial charge in [-0.1, -0.05) is 25.8 Å². The van der Waals surface area contributed by atoms with E-state index in [1.807, 2.05) is 0 Å². The number of hydrogen-bond donors (Lipinski definition) is 3. The minimum atomic E-state index is 0.157. The molecule has 0 radical (unpaired) electrons. The topological polar surface area (TPSA) is 84.1 Å². The Morgan fingerprint density at radius 2 is 2.32 bits per heavy atom. The van der Waals surface area contributed by atoms with Crippen LogP contribution in [0.1, 0.15) is 37.4 Å². The fourth-order valence-electron chi connectivity index (χ4n) is 2.34. The second-order valence-corrected chi connectivity index (χ2v) is 4.92. The smallest absolute Gasteiger partial charge is 0.130 e. The first-order valence-corrected chi connectivity index (χ1v) is 6.89. The molecule has 0 saturated heterocycles. The molecule has 0 bridgehead atoms. The molecule has 1 atom stereocenters. The number of hydrogen-bond acceptors (Lipinski definition) is 5. The summed E-state index contributed by atoms with van der Waals surface area (Å²) in [6.07, 6.45) is 7.72. The third kappa shape index (κ3) is 3.30. The molecule has 5 nitrogen and oxygen atoms in total. The molecule has 1 aliphatic carbocycles. The lowest BCUT2D eigenvalue weighted by Gasteiger charge is -2.16. The first-order valence-electron chi connectivity index (χ1n) is 6.89. The molecule has 104 valence electrons. The first-order chi connectivity index (χ1) is 9.26. The van der Waals surface area contributed by atoms with E-state index >= 15 is 0 Å². The van der Waals surface area contributed by atoms with Gasteiger partial charge in [0.05, 0.1) is 12.3 Å². The molecular formula is C14H22N4O. The molecule has 5 heteroatoms. The van der Waals surface area contributed by atoms with Gasteiger partial charge in [0.2, 0.25) is 0 Å². The summed E-state index contributed by atoms with van der Waals surface area (Å²) in [4.78, 5) is 8.32. The van der Waals surface area contributed by atoms with Gasteiger partial charge in [0.15, 0.2) is 0 Å². The van der Waals surface area contributed by atoms with Crippen molar-refractivity contribution in [2.75, 3.05) is 18.9 Å². The second-order valence-electron chi connectivity index (χ2n) is 4.92. The molecule has 1 aromatic heterocycles. The SMILES string of the molecule is CCCC[C@@H](CO)NCC1=CCc2c(N)ncnc21. The van der Waals surface area contributed by atoms with Gasteiger partial charge >= 0.3 is 0 Å².